The van der Waals surface area contributed by atoms with Gasteiger partial charge in [0.2, 0.25) is 23.6 Å². The van der Waals surface area contributed by atoms with E-state index in [0.29, 0.717) is 0 Å². The quantitative estimate of drug-likeness (QED) is 0.0337. The zero-order chi connectivity index (χ0) is 32.2. The van der Waals surface area contributed by atoms with Gasteiger partial charge >= 0.3 is 23.9 Å². The molecule has 0 aliphatic rings. The van der Waals surface area contributed by atoms with Crippen molar-refractivity contribution in [2.75, 3.05) is 53.0 Å². The molecule has 0 spiro atoms. The molecule has 0 saturated heterocycles. The molecule has 0 fully saturated rings. The molecule has 238 valence electrons. The Labute approximate surface area is 249 Å². The first-order valence-corrected chi connectivity index (χ1v) is 14.5. The van der Waals surface area contributed by atoms with Gasteiger partial charge in [-0.25, -0.2) is 0 Å². The zero-order valence-electron chi connectivity index (χ0n) is 23.4. The van der Waals surface area contributed by atoms with Crippen LogP contribution in [0.2, 0.25) is 0 Å². The lowest BCUT2D eigenvalue weighted by Gasteiger charge is -2.20. The molecule has 0 aromatic rings. The number of carbonyl (C=O) groups excluding carboxylic acids is 8. The van der Waals surface area contributed by atoms with E-state index < -0.39 is 97.6 Å². The van der Waals surface area contributed by atoms with Crippen LogP contribution in [0.3, 0.4) is 0 Å². The van der Waals surface area contributed by atoms with E-state index in [1.54, 1.807) is 0 Å². The van der Waals surface area contributed by atoms with Gasteiger partial charge in [-0.05, 0) is 0 Å². The fourth-order valence-electron chi connectivity index (χ4n) is 2.68. The van der Waals surface area contributed by atoms with Gasteiger partial charge in [0.15, 0.2) is 0 Å². The molecule has 4 amide bonds. The second-order valence-electron chi connectivity index (χ2n) is 8.06. The van der Waals surface area contributed by atoms with Gasteiger partial charge in [-0.15, -0.1) is 0 Å². The maximum Gasteiger partial charge on any atom is 0.325 e. The highest BCUT2D eigenvalue weighted by atomic mass is 33.1. The highest BCUT2D eigenvalue weighted by Crippen LogP contribution is 2.23. The topological polar surface area (TPSA) is 274 Å². The normalized spacial score (nSPS) is 13.2. The first-order valence-electron chi connectivity index (χ1n) is 12.0. The van der Waals surface area contributed by atoms with Gasteiger partial charge in [-0.2, -0.15) is 0 Å². The highest BCUT2D eigenvalue weighted by molar-refractivity contribution is 8.76. The van der Waals surface area contributed by atoms with Crippen LogP contribution in [0.15, 0.2) is 0 Å². The number of nitrogens with two attached hydrogens (primary N) is 2. The minimum atomic E-state index is -1.28. The van der Waals surface area contributed by atoms with E-state index in [-0.39, 0.29) is 11.5 Å². The first kappa shape index (κ1) is 38.4. The summed E-state index contributed by atoms with van der Waals surface area (Å²) in [6.07, 6.45) is -0.985. The molecule has 42 heavy (non-hydrogen) atoms. The molecule has 0 aliphatic heterocycles. The van der Waals surface area contributed by atoms with Crippen molar-refractivity contribution in [3.63, 3.8) is 0 Å². The van der Waals surface area contributed by atoms with Crippen molar-refractivity contribution < 1.29 is 57.3 Å². The molecule has 0 aliphatic carbocycles. The summed E-state index contributed by atoms with van der Waals surface area (Å²) in [6.45, 7) is -0.966. The Bertz CT molecular complexity index is 910. The van der Waals surface area contributed by atoms with E-state index in [0.717, 1.165) is 50.0 Å². The molecule has 20 heteroatoms. The van der Waals surface area contributed by atoms with Gasteiger partial charge in [-0.3, -0.25) is 38.4 Å². The lowest BCUT2D eigenvalue weighted by atomic mass is 10.2. The predicted molar refractivity (Wildman–Crippen MR) is 148 cm³/mol. The summed E-state index contributed by atoms with van der Waals surface area (Å²) in [5, 5.41) is 9.40. The number of amides is 4. The van der Waals surface area contributed by atoms with Crippen LogP contribution < -0.4 is 32.7 Å². The molecule has 0 aromatic heterocycles. The molecule has 0 radical (unpaired) electrons. The standard InChI is InChI=1S/C22H36N6O12S2/c1-37-17(31)7-25-19(33)13(27-15(29)5-11(23)21(35)39-3)9-41-42-10-14(20(34)26-8-18(32)38-2)28-16(30)6-12(24)22(36)40-4/h11-14H,5-10,23-24H2,1-4H3,(H,25,33)(H,26,34)(H,27,29)(H,28,30)/t11-,12-,13-,14-/m0/s1. The Kier molecular flexibility index (Phi) is 19.3. The number of carbonyl (C=O) groups is 8. The Hall–Kier alpha value is -3.62. The molecule has 0 saturated carbocycles. The second-order valence-corrected chi connectivity index (χ2v) is 10.6. The minimum Gasteiger partial charge on any atom is -0.468 e. The van der Waals surface area contributed by atoms with Crippen molar-refractivity contribution in [2.24, 2.45) is 11.5 Å². The lowest BCUT2D eigenvalue weighted by Crippen LogP contribution is -2.51. The Morgan fingerprint density at radius 2 is 0.929 bits per heavy atom. The molecule has 0 heterocycles. The summed E-state index contributed by atoms with van der Waals surface area (Å²) >= 11 is 0. The fraction of sp³-hybridized carbons (Fsp3) is 0.636. The molecular formula is C22H36N6O12S2. The number of ether oxygens (including phenoxy) is 4. The maximum absolute atomic E-state index is 12.6. The van der Waals surface area contributed by atoms with Crippen LogP contribution in [-0.4, -0.2) is 125 Å². The minimum absolute atomic E-state index is 0.103. The summed E-state index contributed by atoms with van der Waals surface area (Å²) in [7, 11) is 6.44. The molecule has 0 rings (SSSR count). The van der Waals surface area contributed by atoms with Gasteiger partial charge in [0.05, 0.1) is 41.3 Å². The van der Waals surface area contributed by atoms with E-state index in [9.17, 15) is 38.4 Å². The van der Waals surface area contributed by atoms with Gasteiger partial charge in [0.1, 0.15) is 37.3 Å². The van der Waals surface area contributed by atoms with Crippen LogP contribution in [-0.2, 0) is 57.3 Å². The molecule has 18 nitrogen and oxygen atoms in total. The van der Waals surface area contributed by atoms with Crippen molar-refractivity contribution in [1.29, 1.82) is 0 Å². The highest BCUT2D eigenvalue weighted by Gasteiger charge is 2.27. The van der Waals surface area contributed by atoms with Crippen LogP contribution in [0.1, 0.15) is 12.8 Å². The Morgan fingerprint density at radius 1 is 0.595 bits per heavy atom. The van der Waals surface area contributed by atoms with Crippen LogP contribution in [0.25, 0.3) is 0 Å². The third-order valence-electron chi connectivity index (χ3n) is 4.94. The SMILES string of the molecule is COC(=O)CNC(=O)[C@H](CSSC[C@H](NC(=O)C[C@H](N)C(=O)OC)C(=O)NCC(=O)OC)NC(=O)C[C@H](N)C(=O)OC. The van der Waals surface area contributed by atoms with Gasteiger partial charge in [-0.1, -0.05) is 21.6 Å². The maximum atomic E-state index is 12.6. The van der Waals surface area contributed by atoms with Gasteiger partial charge in [0, 0.05) is 11.5 Å². The smallest absolute Gasteiger partial charge is 0.325 e. The van der Waals surface area contributed by atoms with Crippen LogP contribution in [0.5, 0.6) is 0 Å². The summed E-state index contributed by atoms with van der Waals surface area (Å²) in [4.78, 5) is 95.8. The van der Waals surface area contributed by atoms with Crippen molar-refractivity contribution in [3.05, 3.63) is 0 Å². The van der Waals surface area contributed by atoms with Gasteiger partial charge in [0.25, 0.3) is 0 Å². The van der Waals surface area contributed by atoms with Crippen LogP contribution in [0, 0.1) is 0 Å². The van der Waals surface area contributed by atoms with E-state index in [1.807, 2.05) is 0 Å². The lowest BCUT2D eigenvalue weighted by molar-refractivity contribution is -0.144. The fourth-order valence-corrected chi connectivity index (χ4v) is 5.01. The summed E-state index contributed by atoms with van der Waals surface area (Å²) in [5.41, 5.74) is 11.2. The molecule has 0 unspecified atom stereocenters. The van der Waals surface area contributed by atoms with Crippen LogP contribution in [0.4, 0.5) is 0 Å². The van der Waals surface area contributed by atoms with E-state index in [1.165, 1.54) is 0 Å². The predicted octanol–water partition coefficient (Wildman–Crippen LogP) is -4.30. The Balaban J connectivity index is 5.38. The molecule has 0 bridgehead atoms. The van der Waals surface area contributed by atoms with E-state index >= 15 is 0 Å². The third kappa shape index (κ3) is 16.0. The van der Waals surface area contributed by atoms with Crippen LogP contribution >= 0.6 is 21.6 Å². The number of esters is 4. The van der Waals surface area contributed by atoms with E-state index in [2.05, 4.69) is 40.2 Å². The number of hydrogen-bond donors (Lipinski definition) is 6. The van der Waals surface area contributed by atoms with Gasteiger partial charge < -0.3 is 51.7 Å². The van der Waals surface area contributed by atoms with Crippen molar-refractivity contribution in [1.82, 2.24) is 21.3 Å². The number of nitrogens with one attached hydrogen (secondary N) is 4. The number of methoxy groups -OCH3 is 4. The third-order valence-corrected chi connectivity index (χ3v) is 7.37. The molecule has 8 N–H and O–H groups in total. The molecular weight excluding hydrogens is 604 g/mol. The monoisotopic (exact) mass is 640 g/mol. The summed E-state index contributed by atoms with van der Waals surface area (Å²) in [5.74, 6) is -6.41. The zero-order valence-corrected chi connectivity index (χ0v) is 25.1. The average molecular weight is 641 g/mol. The van der Waals surface area contributed by atoms with Crippen molar-refractivity contribution in [2.45, 2.75) is 37.0 Å². The van der Waals surface area contributed by atoms with Crippen molar-refractivity contribution >= 4 is 69.1 Å². The Morgan fingerprint density at radius 3 is 1.21 bits per heavy atom. The van der Waals surface area contributed by atoms with Crippen molar-refractivity contribution in [3.8, 4) is 0 Å². The second kappa shape index (κ2) is 21.1. The molecule has 4 atom stereocenters. The number of rotatable bonds is 19. The summed E-state index contributed by atoms with van der Waals surface area (Å²) in [6, 6.07) is -5.00. The molecule has 0 aromatic carbocycles. The average Bonchev–Trinajstić information content (AvgIpc) is 2.97. The van der Waals surface area contributed by atoms with E-state index in [4.69, 9.17) is 11.5 Å². The first-order chi connectivity index (χ1) is 19.8. The summed E-state index contributed by atoms with van der Waals surface area (Å²) < 4.78 is 17.9. The number of hydrogen-bond acceptors (Lipinski definition) is 16. The largest absolute Gasteiger partial charge is 0.468 e.